The van der Waals surface area contributed by atoms with Gasteiger partial charge in [0.15, 0.2) is 0 Å². The van der Waals surface area contributed by atoms with E-state index >= 15 is 0 Å². The van der Waals surface area contributed by atoms with E-state index in [9.17, 15) is 26.4 Å². The van der Waals surface area contributed by atoms with Gasteiger partial charge in [0, 0.05) is 31.9 Å². The average molecular weight is 470 g/mol. The molecule has 6 nitrogen and oxygen atoms in total. The molecule has 2 aromatic rings. The molecule has 174 valence electrons. The van der Waals surface area contributed by atoms with Crippen molar-refractivity contribution in [3.8, 4) is 0 Å². The van der Waals surface area contributed by atoms with Crippen molar-refractivity contribution < 1.29 is 26.4 Å². The molecule has 1 aliphatic heterocycles. The van der Waals surface area contributed by atoms with Crippen LogP contribution in [0, 0.1) is 13.8 Å². The standard InChI is InChI=1S/C22H26F3N3O3S/c1-15-8-9-16(2)19(14-15)26-21(29)17(3)27-10-12-28(13-11-27)32(30,31)20-7-5-4-6-18(20)22(23,24)25/h4-9,14,17H,10-13H2,1-3H3,(H,26,29)/t17-/m1/s1. The Balaban J connectivity index is 1.68. The number of anilines is 1. The van der Waals surface area contributed by atoms with Crippen LogP contribution in [0.1, 0.15) is 23.6 Å². The summed E-state index contributed by atoms with van der Waals surface area (Å²) in [6.07, 6.45) is -4.77. The number of hydrogen-bond donors (Lipinski definition) is 1. The summed E-state index contributed by atoms with van der Waals surface area (Å²) in [6.45, 7) is 6.00. The van der Waals surface area contributed by atoms with E-state index in [4.69, 9.17) is 0 Å². The smallest absolute Gasteiger partial charge is 0.324 e. The minimum absolute atomic E-state index is 0.00435. The molecular formula is C22H26F3N3O3S. The maximum Gasteiger partial charge on any atom is 0.417 e. The largest absolute Gasteiger partial charge is 0.417 e. The number of hydrogen-bond acceptors (Lipinski definition) is 4. The number of benzene rings is 2. The van der Waals surface area contributed by atoms with Crippen molar-refractivity contribution in [1.82, 2.24) is 9.21 Å². The van der Waals surface area contributed by atoms with Crippen molar-refractivity contribution in [1.29, 1.82) is 0 Å². The zero-order chi connectivity index (χ0) is 23.7. The summed E-state index contributed by atoms with van der Waals surface area (Å²) in [5, 5.41) is 2.90. The first-order chi connectivity index (χ1) is 14.9. The van der Waals surface area contributed by atoms with Crippen LogP contribution in [-0.2, 0) is 21.0 Å². The highest BCUT2D eigenvalue weighted by atomic mass is 32.2. The van der Waals surface area contributed by atoms with Crippen molar-refractivity contribution in [2.45, 2.75) is 37.9 Å². The van der Waals surface area contributed by atoms with E-state index in [0.717, 1.165) is 33.6 Å². The lowest BCUT2D eigenvalue weighted by molar-refractivity contribution is -0.140. The van der Waals surface area contributed by atoms with E-state index in [0.29, 0.717) is 5.69 Å². The fourth-order valence-corrected chi connectivity index (χ4v) is 5.30. The second kappa shape index (κ2) is 9.21. The lowest BCUT2D eigenvalue weighted by Gasteiger charge is -2.37. The average Bonchev–Trinajstić information content (AvgIpc) is 2.75. The van der Waals surface area contributed by atoms with Crippen LogP contribution in [-0.4, -0.2) is 55.8 Å². The quantitative estimate of drug-likeness (QED) is 0.726. The van der Waals surface area contributed by atoms with Crippen LogP contribution < -0.4 is 5.32 Å². The van der Waals surface area contributed by atoms with Crippen molar-refractivity contribution in [2.24, 2.45) is 0 Å². The molecule has 2 aromatic carbocycles. The maximum absolute atomic E-state index is 13.3. The molecule has 10 heteroatoms. The Morgan fingerprint density at radius 3 is 2.28 bits per heavy atom. The van der Waals surface area contributed by atoms with E-state index in [-0.39, 0.29) is 32.1 Å². The number of nitrogens with one attached hydrogen (secondary N) is 1. The molecule has 1 saturated heterocycles. The Morgan fingerprint density at radius 2 is 1.66 bits per heavy atom. The molecule has 0 bridgehead atoms. The van der Waals surface area contributed by atoms with Gasteiger partial charge in [-0.2, -0.15) is 17.5 Å². The number of alkyl halides is 3. The molecule has 1 N–H and O–H groups in total. The molecule has 32 heavy (non-hydrogen) atoms. The molecule has 0 aliphatic carbocycles. The summed E-state index contributed by atoms with van der Waals surface area (Å²) in [5.74, 6) is -0.225. The molecule has 0 aromatic heterocycles. The number of carbonyl (C=O) groups is 1. The third-order valence-electron chi connectivity index (χ3n) is 5.66. The highest BCUT2D eigenvalue weighted by molar-refractivity contribution is 7.89. The normalized spacial score (nSPS) is 17.2. The van der Waals surface area contributed by atoms with Gasteiger partial charge in [0.25, 0.3) is 0 Å². The fraction of sp³-hybridized carbons (Fsp3) is 0.409. The van der Waals surface area contributed by atoms with E-state index in [1.54, 1.807) is 6.92 Å². The monoisotopic (exact) mass is 469 g/mol. The minimum atomic E-state index is -4.77. The SMILES string of the molecule is Cc1ccc(C)c(NC(=O)[C@@H](C)N2CCN(S(=O)(=O)c3ccccc3C(F)(F)F)CC2)c1. The molecule has 3 rings (SSSR count). The second-order valence-electron chi connectivity index (χ2n) is 7.92. The number of nitrogens with zero attached hydrogens (tertiary/aromatic N) is 2. The Hall–Kier alpha value is -2.43. The second-order valence-corrected chi connectivity index (χ2v) is 9.82. The first-order valence-electron chi connectivity index (χ1n) is 10.2. The molecule has 0 radical (unpaired) electrons. The zero-order valence-corrected chi connectivity index (χ0v) is 18.9. The van der Waals surface area contributed by atoms with Crippen LogP contribution in [0.5, 0.6) is 0 Å². The number of carbonyl (C=O) groups excluding carboxylic acids is 1. The Labute approximate surface area is 186 Å². The van der Waals surface area contributed by atoms with E-state index in [2.05, 4.69) is 5.32 Å². The van der Waals surface area contributed by atoms with Crippen LogP contribution in [0.4, 0.5) is 18.9 Å². The summed E-state index contributed by atoms with van der Waals surface area (Å²) in [6, 6.07) is 9.40. The molecule has 1 atom stereocenters. The van der Waals surface area contributed by atoms with Gasteiger partial charge in [0.1, 0.15) is 0 Å². The van der Waals surface area contributed by atoms with Gasteiger partial charge in [-0.15, -0.1) is 0 Å². The summed E-state index contributed by atoms with van der Waals surface area (Å²) >= 11 is 0. The van der Waals surface area contributed by atoms with Gasteiger partial charge in [-0.05, 0) is 50.1 Å². The zero-order valence-electron chi connectivity index (χ0n) is 18.1. The van der Waals surface area contributed by atoms with Gasteiger partial charge in [0.05, 0.1) is 16.5 Å². The Kier molecular flexibility index (Phi) is 6.97. The van der Waals surface area contributed by atoms with Crippen molar-refractivity contribution in [3.63, 3.8) is 0 Å². The van der Waals surface area contributed by atoms with Crippen molar-refractivity contribution in [2.75, 3.05) is 31.5 Å². The number of amides is 1. The number of aryl methyl sites for hydroxylation is 2. The van der Waals surface area contributed by atoms with Crippen molar-refractivity contribution in [3.05, 3.63) is 59.2 Å². The van der Waals surface area contributed by atoms with Gasteiger partial charge in [-0.3, -0.25) is 9.69 Å². The summed E-state index contributed by atoms with van der Waals surface area (Å²) < 4.78 is 66.8. The summed E-state index contributed by atoms with van der Waals surface area (Å²) in [5.41, 5.74) is 1.47. The summed E-state index contributed by atoms with van der Waals surface area (Å²) in [7, 11) is -4.32. The molecule has 0 spiro atoms. The lowest BCUT2D eigenvalue weighted by atomic mass is 10.1. The van der Waals surface area contributed by atoms with Gasteiger partial charge in [0.2, 0.25) is 15.9 Å². The van der Waals surface area contributed by atoms with Gasteiger partial charge < -0.3 is 5.32 Å². The Bertz CT molecular complexity index is 1100. The lowest BCUT2D eigenvalue weighted by Crippen LogP contribution is -2.54. The van der Waals surface area contributed by atoms with E-state index in [1.165, 1.54) is 6.07 Å². The molecule has 1 aliphatic rings. The highest BCUT2D eigenvalue weighted by Crippen LogP contribution is 2.35. The molecule has 0 saturated carbocycles. The number of sulfonamides is 1. The Morgan fingerprint density at radius 1 is 1.03 bits per heavy atom. The third kappa shape index (κ3) is 5.13. The predicted molar refractivity (Wildman–Crippen MR) is 116 cm³/mol. The molecular weight excluding hydrogens is 443 g/mol. The van der Waals surface area contributed by atoms with Crippen LogP contribution >= 0.6 is 0 Å². The van der Waals surface area contributed by atoms with E-state index < -0.39 is 32.7 Å². The predicted octanol–water partition coefficient (Wildman–Crippen LogP) is 3.66. The van der Waals surface area contributed by atoms with Crippen LogP contribution in [0.15, 0.2) is 47.4 Å². The molecule has 1 heterocycles. The number of piperazine rings is 1. The first-order valence-corrected chi connectivity index (χ1v) is 11.6. The minimum Gasteiger partial charge on any atom is -0.324 e. The molecule has 1 fully saturated rings. The topological polar surface area (TPSA) is 69.7 Å². The number of rotatable bonds is 5. The van der Waals surface area contributed by atoms with Crippen molar-refractivity contribution >= 4 is 21.6 Å². The van der Waals surface area contributed by atoms with Crippen LogP contribution in [0.3, 0.4) is 0 Å². The van der Waals surface area contributed by atoms with E-state index in [1.807, 2.05) is 36.9 Å². The van der Waals surface area contributed by atoms with Gasteiger partial charge in [-0.1, -0.05) is 24.3 Å². The first kappa shape index (κ1) is 24.2. The van der Waals surface area contributed by atoms with Crippen LogP contribution in [0.2, 0.25) is 0 Å². The number of halogens is 3. The van der Waals surface area contributed by atoms with Gasteiger partial charge >= 0.3 is 6.18 Å². The fourth-order valence-electron chi connectivity index (χ4n) is 3.67. The highest BCUT2D eigenvalue weighted by Gasteiger charge is 2.40. The molecule has 0 unspecified atom stereocenters. The van der Waals surface area contributed by atoms with Gasteiger partial charge in [-0.25, -0.2) is 8.42 Å². The molecule has 1 amide bonds. The third-order valence-corrected chi connectivity index (χ3v) is 7.62. The van der Waals surface area contributed by atoms with Crippen LogP contribution in [0.25, 0.3) is 0 Å². The maximum atomic E-state index is 13.3. The summed E-state index contributed by atoms with van der Waals surface area (Å²) in [4.78, 5) is 13.8.